The molecule has 3 heterocycles. The Kier molecular flexibility index (Phi) is 5.56. The lowest BCUT2D eigenvalue weighted by Crippen LogP contribution is -2.49. The van der Waals surface area contributed by atoms with E-state index in [9.17, 15) is 4.79 Å². The maximum atomic E-state index is 12.4. The molecule has 3 rings (SSSR count). The molecule has 0 bridgehead atoms. The Morgan fingerprint density at radius 1 is 1.29 bits per heavy atom. The molecule has 2 fully saturated rings. The predicted molar refractivity (Wildman–Crippen MR) is 96.2 cm³/mol. The number of amides is 2. The van der Waals surface area contributed by atoms with E-state index in [0.29, 0.717) is 5.92 Å². The standard InChI is InChI=1S/C18H29N5O/c1-21-10-6-15(13-21)14-22(2)18(24)20-16-7-11-23(12-8-16)17-5-3-4-9-19-17/h3-5,9,15-16H,6-8,10-14H2,1-2H3,(H,20,24)/t15-/m0/s1. The smallest absolute Gasteiger partial charge is 0.317 e. The van der Waals surface area contributed by atoms with Gasteiger partial charge in [0.2, 0.25) is 0 Å². The van der Waals surface area contributed by atoms with Crippen molar-refractivity contribution in [1.29, 1.82) is 0 Å². The molecule has 132 valence electrons. The summed E-state index contributed by atoms with van der Waals surface area (Å²) in [6, 6.07) is 6.35. The van der Waals surface area contributed by atoms with Gasteiger partial charge in [0, 0.05) is 45.5 Å². The third-order valence-corrected chi connectivity index (χ3v) is 5.16. The molecular weight excluding hydrogens is 302 g/mol. The van der Waals surface area contributed by atoms with Gasteiger partial charge in [-0.15, -0.1) is 0 Å². The number of nitrogens with zero attached hydrogens (tertiary/aromatic N) is 4. The first kappa shape index (κ1) is 17.0. The lowest BCUT2D eigenvalue weighted by molar-refractivity contribution is 0.194. The number of pyridine rings is 1. The van der Waals surface area contributed by atoms with Crippen molar-refractivity contribution < 1.29 is 4.79 Å². The van der Waals surface area contributed by atoms with E-state index in [2.05, 4.69) is 27.1 Å². The van der Waals surface area contributed by atoms with Gasteiger partial charge in [0.05, 0.1) is 0 Å². The van der Waals surface area contributed by atoms with Crippen LogP contribution in [0.25, 0.3) is 0 Å². The fourth-order valence-corrected chi connectivity index (χ4v) is 3.72. The number of likely N-dealkylation sites (tertiary alicyclic amines) is 1. The van der Waals surface area contributed by atoms with Gasteiger partial charge in [0.1, 0.15) is 5.82 Å². The largest absolute Gasteiger partial charge is 0.356 e. The number of hydrogen-bond acceptors (Lipinski definition) is 4. The summed E-state index contributed by atoms with van der Waals surface area (Å²) in [5.74, 6) is 1.64. The zero-order chi connectivity index (χ0) is 16.9. The highest BCUT2D eigenvalue weighted by atomic mass is 16.2. The van der Waals surface area contributed by atoms with Crippen LogP contribution in [0.15, 0.2) is 24.4 Å². The van der Waals surface area contributed by atoms with E-state index in [0.717, 1.165) is 51.4 Å². The number of urea groups is 1. The van der Waals surface area contributed by atoms with Gasteiger partial charge in [0.25, 0.3) is 0 Å². The summed E-state index contributed by atoms with van der Waals surface area (Å²) in [5.41, 5.74) is 0. The summed E-state index contributed by atoms with van der Waals surface area (Å²) >= 11 is 0. The van der Waals surface area contributed by atoms with Crippen molar-refractivity contribution in [3.8, 4) is 0 Å². The van der Waals surface area contributed by atoms with Gasteiger partial charge in [-0.05, 0) is 50.9 Å². The first-order chi connectivity index (χ1) is 11.6. The van der Waals surface area contributed by atoms with E-state index in [-0.39, 0.29) is 12.1 Å². The van der Waals surface area contributed by atoms with Gasteiger partial charge < -0.3 is 20.0 Å². The zero-order valence-corrected chi connectivity index (χ0v) is 14.8. The Hall–Kier alpha value is -1.82. The molecule has 1 aromatic rings. The topological polar surface area (TPSA) is 51.7 Å². The van der Waals surface area contributed by atoms with E-state index in [1.807, 2.05) is 36.3 Å². The lowest BCUT2D eigenvalue weighted by Gasteiger charge is -2.34. The number of rotatable bonds is 4. The van der Waals surface area contributed by atoms with Crippen LogP contribution in [-0.2, 0) is 0 Å². The number of nitrogens with one attached hydrogen (secondary N) is 1. The molecule has 0 spiro atoms. The molecule has 0 radical (unpaired) electrons. The van der Waals surface area contributed by atoms with Crippen LogP contribution in [0.3, 0.4) is 0 Å². The normalized spacial score (nSPS) is 22.6. The minimum absolute atomic E-state index is 0.0702. The summed E-state index contributed by atoms with van der Waals surface area (Å²) in [7, 11) is 4.06. The summed E-state index contributed by atoms with van der Waals surface area (Å²) < 4.78 is 0. The quantitative estimate of drug-likeness (QED) is 0.911. The maximum Gasteiger partial charge on any atom is 0.317 e. The second-order valence-electron chi connectivity index (χ2n) is 7.20. The number of carbonyl (C=O) groups is 1. The fraction of sp³-hybridized carbons (Fsp3) is 0.667. The molecule has 1 aromatic heterocycles. The molecule has 1 N–H and O–H groups in total. The van der Waals surface area contributed by atoms with Crippen molar-refractivity contribution in [1.82, 2.24) is 20.1 Å². The summed E-state index contributed by atoms with van der Waals surface area (Å²) in [6.07, 6.45) is 4.97. The van der Waals surface area contributed by atoms with E-state index in [1.54, 1.807) is 0 Å². The van der Waals surface area contributed by atoms with Crippen molar-refractivity contribution in [3.63, 3.8) is 0 Å². The van der Waals surface area contributed by atoms with E-state index in [4.69, 9.17) is 0 Å². The first-order valence-electron chi connectivity index (χ1n) is 8.98. The Labute approximate surface area is 144 Å². The molecule has 0 aromatic carbocycles. The van der Waals surface area contributed by atoms with Crippen molar-refractivity contribution in [3.05, 3.63) is 24.4 Å². The summed E-state index contributed by atoms with van der Waals surface area (Å²) in [6.45, 7) is 4.98. The number of aromatic nitrogens is 1. The number of carbonyl (C=O) groups excluding carboxylic acids is 1. The lowest BCUT2D eigenvalue weighted by atomic mass is 10.1. The fourth-order valence-electron chi connectivity index (χ4n) is 3.72. The molecule has 2 aliphatic heterocycles. The van der Waals surface area contributed by atoms with Crippen LogP contribution in [0.4, 0.5) is 10.6 Å². The van der Waals surface area contributed by atoms with E-state index < -0.39 is 0 Å². The highest BCUT2D eigenvalue weighted by molar-refractivity contribution is 5.74. The first-order valence-corrected chi connectivity index (χ1v) is 8.98. The molecule has 0 unspecified atom stereocenters. The second kappa shape index (κ2) is 7.83. The zero-order valence-electron chi connectivity index (χ0n) is 14.8. The van der Waals surface area contributed by atoms with Crippen LogP contribution < -0.4 is 10.2 Å². The van der Waals surface area contributed by atoms with Crippen LogP contribution >= 0.6 is 0 Å². The molecule has 2 saturated heterocycles. The van der Waals surface area contributed by atoms with Gasteiger partial charge in [-0.1, -0.05) is 6.07 Å². The Balaban J connectivity index is 1.41. The van der Waals surface area contributed by atoms with Crippen LogP contribution in [0.5, 0.6) is 0 Å². The molecule has 6 nitrogen and oxygen atoms in total. The van der Waals surface area contributed by atoms with Gasteiger partial charge in [-0.25, -0.2) is 9.78 Å². The average Bonchev–Trinajstić information content (AvgIpc) is 3.01. The van der Waals surface area contributed by atoms with Crippen molar-refractivity contribution in [2.24, 2.45) is 5.92 Å². The molecule has 1 atom stereocenters. The highest BCUT2D eigenvalue weighted by Gasteiger charge is 2.25. The second-order valence-corrected chi connectivity index (χ2v) is 7.20. The predicted octanol–water partition coefficient (Wildman–Crippen LogP) is 1.64. The molecule has 24 heavy (non-hydrogen) atoms. The van der Waals surface area contributed by atoms with Gasteiger partial charge >= 0.3 is 6.03 Å². The van der Waals surface area contributed by atoms with Crippen molar-refractivity contribution in [2.75, 3.05) is 51.7 Å². The molecular formula is C18H29N5O. The van der Waals surface area contributed by atoms with E-state index >= 15 is 0 Å². The highest BCUT2D eigenvalue weighted by Crippen LogP contribution is 2.18. The number of hydrogen-bond donors (Lipinski definition) is 1. The van der Waals surface area contributed by atoms with Crippen LogP contribution in [0.2, 0.25) is 0 Å². The summed E-state index contributed by atoms with van der Waals surface area (Å²) in [4.78, 5) is 23.3. The average molecular weight is 331 g/mol. The minimum atomic E-state index is 0.0702. The molecule has 2 amide bonds. The van der Waals surface area contributed by atoms with Gasteiger partial charge in [-0.3, -0.25) is 0 Å². The van der Waals surface area contributed by atoms with Crippen LogP contribution in [0.1, 0.15) is 19.3 Å². The van der Waals surface area contributed by atoms with Gasteiger partial charge in [0.15, 0.2) is 0 Å². The molecule has 6 heteroatoms. The maximum absolute atomic E-state index is 12.4. The SMILES string of the molecule is CN1CC[C@H](CN(C)C(=O)NC2CCN(c3ccccn3)CC2)C1. The van der Waals surface area contributed by atoms with Crippen molar-refractivity contribution >= 4 is 11.8 Å². The monoisotopic (exact) mass is 331 g/mol. The van der Waals surface area contributed by atoms with Crippen LogP contribution in [0, 0.1) is 5.92 Å². The van der Waals surface area contributed by atoms with Gasteiger partial charge in [-0.2, -0.15) is 0 Å². The third kappa shape index (κ3) is 4.38. The molecule has 0 aliphatic carbocycles. The summed E-state index contributed by atoms with van der Waals surface area (Å²) in [5, 5.41) is 3.20. The number of piperidine rings is 1. The van der Waals surface area contributed by atoms with E-state index in [1.165, 1.54) is 6.42 Å². The molecule has 2 aliphatic rings. The molecule has 0 saturated carbocycles. The Morgan fingerprint density at radius 2 is 2.08 bits per heavy atom. The Morgan fingerprint density at radius 3 is 2.71 bits per heavy atom. The Bertz CT molecular complexity index is 529. The minimum Gasteiger partial charge on any atom is -0.356 e. The third-order valence-electron chi connectivity index (χ3n) is 5.16. The van der Waals surface area contributed by atoms with Crippen molar-refractivity contribution in [2.45, 2.75) is 25.3 Å². The number of anilines is 1. The van der Waals surface area contributed by atoms with Crippen LogP contribution in [-0.4, -0.2) is 73.7 Å².